The summed E-state index contributed by atoms with van der Waals surface area (Å²) < 4.78 is 10.2. The summed E-state index contributed by atoms with van der Waals surface area (Å²) in [6, 6.07) is 7.09. The average Bonchev–Trinajstić information content (AvgIpc) is 2.28. The summed E-state index contributed by atoms with van der Waals surface area (Å²) in [6.45, 7) is 0.196. The average molecular weight is 334 g/mol. The van der Waals surface area contributed by atoms with Gasteiger partial charge in [-0.05, 0) is 46.4 Å². The van der Waals surface area contributed by atoms with E-state index in [4.69, 9.17) is 14.6 Å². The van der Waals surface area contributed by atoms with Crippen LogP contribution in [0.15, 0.2) is 27.8 Å². The van der Waals surface area contributed by atoms with Crippen LogP contribution in [0.4, 0.5) is 0 Å². The first-order chi connectivity index (χ1) is 7.63. The van der Waals surface area contributed by atoms with E-state index in [-0.39, 0.29) is 10.4 Å². The maximum Gasteiger partial charge on any atom is 0.341 e. The van der Waals surface area contributed by atoms with Gasteiger partial charge in [-0.15, -0.1) is 0 Å². The Labute approximate surface area is 107 Å². The van der Waals surface area contributed by atoms with Crippen LogP contribution in [0.1, 0.15) is 5.56 Å². The van der Waals surface area contributed by atoms with Crippen molar-refractivity contribution in [2.75, 3.05) is 13.9 Å². The van der Waals surface area contributed by atoms with Gasteiger partial charge in [0.25, 0.3) is 0 Å². The van der Waals surface area contributed by atoms with Gasteiger partial charge in [0.2, 0.25) is 0 Å². The topological polar surface area (TPSA) is 55.8 Å². The lowest BCUT2D eigenvalue weighted by Crippen LogP contribution is -1.98. The van der Waals surface area contributed by atoms with Crippen molar-refractivity contribution >= 4 is 34.6 Å². The molecule has 0 heterocycles. The van der Waals surface area contributed by atoms with Crippen molar-refractivity contribution < 1.29 is 19.4 Å². The summed E-state index contributed by atoms with van der Waals surface area (Å²) in [5.41, 5.74) is 0.816. The molecule has 16 heavy (non-hydrogen) atoms. The first kappa shape index (κ1) is 13.0. The number of rotatable bonds is 5. The Balaban J connectivity index is 2.71. The number of halogens is 1. The van der Waals surface area contributed by atoms with Gasteiger partial charge in [-0.3, -0.25) is 0 Å². The first-order valence-electron chi connectivity index (χ1n) is 4.46. The van der Waals surface area contributed by atoms with Crippen molar-refractivity contribution in [3.63, 3.8) is 0 Å². The highest BCUT2D eigenvalue weighted by atomic mass is 127. The second kappa shape index (κ2) is 6.49. The number of carboxylic acids is 1. The summed E-state index contributed by atoms with van der Waals surface area (Å²) in [5, 5.41) is 8.70. The molecular formula is C11H11IO4. The van der Waals surface area contributed by atoms with Gasteiger partial charge in [0.05, 0.1) is 3.58 Å². The van der Waals surface area contributed by atoms with Gasteiger partial charge >= 0.3 is 5.97 Å². The van der Waals surface area contributed by atoms with Crippen molar-refractivity contribution in [2.45, 2.75) is 0 Å². The number of carbonyl (C=O) groups is 1. The van der Waals surface area contributed by atoms with Gasteiger partial charge in [-0.25, -0.2) is 4.79 Å². The normalized spacial score (nSPS) is 11.2. The minimum Gasteiger partial charge on any atom is -0.477 e. The smallest absolute Gasteiger partial charge is 0.341 e. The molecule has 0 fully saturated rings. The number of hydrogen-bond acceptors (Lipinski definition) is 3. The maximum atomic E-state index is 10.6. The van der Waals surface area contributed by atoms with Crippen LogP contribution < -0.4 is 4.74 Å². The molecular weight excluding hydrogens is 323 g/mol. The molecule has 5 heteroatoms. The molecule has 4 nitrogen and oxygen atoms in total. The first-order valence-corrected chi connectivity index (χ1v) is 5.53. The molecule has 0 bridgehead atoms. The molecule has 0 atom stereocenters. The second-order valence-corrected chi connectivity index (χ2v) is 4.08. The van der Waals surface area contributed by atoms with Gasteiger partial charge in [-0.2, -0.15) is 0 Å². The van der Waals surface area contributed by atoms with Crippen molar-refractivity contribution in [2.24, 2.45) is 0 Å². The SMILES string of the molecule is COCOc1ccc(C=C(I)C(=O)O)cc1. The fraction of sp³-hybridized carbons (Fsp3) is 0.182. The summed E-state index contributed by atoms with van der Waals surface area (Å²) in [6.07, 6.45) is 1.59. The van der Waals surface area contributed by atoms with Crippen LogP contribution in [0.3, 0.4) is 0 Å². The lowest BCUT2D eigenvalue weighted by molar-refractivity contribution is -0.131. The van der Waals surface area contributed by atoms with Crippen LogP contribution in [-0.2, 0) is 9.53 Å². The number of benzene rings is 1. The Bertz CT molecular complexity index is 383. The van der Waals surface area contributed by atoms with Crippen LogP contribution in [0.2, 0.25) is 0 Å². The molecule has 0 aromatic heterocycles. The monoisotopic (exact) mass is 334 g/mol. The maximum absolute atomic E-state index is 10.6. The Morgan fingerprint density at radius 3 is 2.56 bits per heavy atom. The third-order valence-electron chi connectivity index (χ3n) is 1.72. The molecule has 0 unspecified atom stereocenters. The molecule has 1 aromatic rings. The molecule has 0 amide bonds. The van der Waals surface area contributed by atoms with E-state index in [9.17, 15) is 4.79 Å². The number of carboxylic acid groups (broad SMARTS) is 1. The molecule has 0 aliphatic carbocycles. The van der Waals surface area contributed by atoms with Crippen LogP contribution in [0.5, 0.6) is 5.75 Å². The van der Waals surface area contributed by atoms with Crippen molar-refractivity contribution in [3.05, 3.63) is 33.4 Å². The lowest BCUT2D eigenvalue weighted by Gasteiger charge is -2.04. The molecule has 86 valence electrons. The zero-order valence-corrected chi connectivity index (χ0v) is 10.8. The fourth-order valence-corrected chi connectivity index (χ4v) is 1.35. The standard InChI is InChI=1S/C11H11IO4/c1-15-7-16-9-4-2-8(3-5-9)6-10(12)11(13)14/h2-6H,7H2,1H3,(H,13,14). The Morgan fingerprint density at radius 1 is 1.44 bits per heavy atom. The number of hydrogen-bond donors (Lipinski definition) is 1. The van der Waals surface area contributed by atoms with E-state index in [0.29, 0.717) is 5.75 Å². The van der Waals surface area contributed by atoms with E-state index >= 15 is 0 Å². The largest absolute Gasteiger partial charge is 0.477 e. The molecule has 1 rings (SSSR count). The van der Waals surface area contributed by atoms with Gasteiger partial charge in [0.15, 0.2) is 6.79 Å². The number of aliphatic carboxylic acids is 1. The predicted octanol–water partition coefficient (Wildman–Crippen LogP) is 2.53. The van der Waals surface area contributed by atoms with Gasteiger partial charge < -0.3 is 14.6 Å². The highest BCUT2D eigenvalue weighted by Crippen LogP contribution is 2.17. The van der Waals surface area contributed by atoms with Gasteiger partial charge in [0, 0.05) is 7.11 Å². The zero-order valence-electron chi connectivity index (χ0n) is 8.64. The van der Waals surface area contributed by atoms with Gasteiger partial charge in [-0.1, -0.05) is 12.1 Å². The van der Waals surface area contributed by atoms with Crippen molar-refractivity contribution in [3.8, 4) is 5.75 Å². The molecule has 1 aromatic carbocycles. The summed E-state index contributed by atoms with van der Waals surface area (Å²) >= 11 is 1.78. The number of methoxy groups -OCH3 is 1. The van der Waals surface area contributed by atoms with E-state index in [1.54, 1.807) is 60.0 Å². The summed E-state index contributed by atoms with van der Waals surface area (Å²) in [5.74, 6) is -0.246. The van der Waals surface area contributed by atoms with Crippen LogP contribution in [0, 0.1) is 0 Å². The molecule has 0 spiro atoms. The lowest BCUT2D eigenvalue weighted by atomic mass is 10.2. The van der Waals surface area contributed by atoms with E-state index in [1.807, 2.05) is 0 Å². The summed E-state index contributed by atoms with van der Waals surface area (Å²) in [7, 11) is 1.55. The Hall–Kier alpha value is -1.08. The molecule has 0 saturated carbocycles. The van der Waals surface area contributed by atoms with Gasteiger partial charge in [0.1, 0.15) is 5.75 Å². The summed E-state index contributed by atoms with van der Waals surface area (Å²) in [4.78, 5) is 10.6. The predicted molar refractivity (Wildman–Crippen MR) is 68.6 cm³/mol. The third kappa shape index (κ3) is 4.19. The minimum absolute atomic E-state index is 0.196. The fourth-order valence-electron chi connectivity index (χ4n) is 0.995. The Kier molecular flexibility index (Phi) is 5.27. The highest BCUT2D eigenvalue weighted by molar-refractivity contribution is 14.1. The van der Waals surface area contributed by atoms with Crippen LogP contribution >= 0.6 is 22.6 Å². The van der Waals surface area contributed by atoms with Crippen molar-refractivity contribution in [1.29, 1.82) is 0 Å². The zero-order chi connectivity index (χ0) is 12.0. The molecule has 0 saturated heterocycles. The quantitative estimate of drug-likeness (QED) is 0.511. The van der Waals surface area contributed by atoms with Crippen LogP contribution in [-0.4, -0.2) is 25.0 Å². The van der Waals surface area contributed by atoms with Crippen molar-refractivity contribution in [1.82, 2.24) is 0 Å². The van der Waals surface area contributed by atoms with E-state index in [0.717, 1.165) is 5.56 Å². The minimum atomic E-state index is -0.930. The van der Waals surface area contributed by atoms with E-state index in [1.165, 1.54) is 0 Å². The third-order valence-corrected chi connectivity index (χ3v) is 2.49. The number of ether oxygens (including phenoxy) is 2. The van der Waals surface area contributed by atoms with E-state index in [2.05, 4.69) is 0 Å². The second-order valence-electron chi connectivity index (χ2n) is 2.92. The molecule has 1 N–H and O–H groups in total. The van der Waals surface area contributed by atoms with E-state index < -0.39 is 5.97 Å². The molecule has 0 radical (unpaired) electrons. The Morgan fingerprint density at radius 2 is 2.06 bits per heavy atom. The van der Waals surface area contributed by atoms with Crippen LogP contribution in [0.25, 0.3) is 6.08 Å². The highest BCUT2D eigenvalue weighted by Gasteiger charge is 2.01. The molecule has 0 aliphatic heterocycles. The molecule has 0 aliphatic rings.